The van der Waals surface area contributed by atoms with Gasteiger partial charge in [-0.25, -0.2) is 4.98 Å². The molecule has 6 heterocycles. The number of nitrogens with one attached hydrogen (secondary N) is 3. The van der Waals surface area contributed by atoms with Gasteiger partial charge >= 0.3 is 0 Å². The van der Waals surface area contributed by atoms with Crippen molar-refractivity contribution in [2.24, 2.45) is 10.4 Å². The van der Waals surface area contributed by atoms with E-state index in [1.165, 1.54) is 21.1 Å². The first kappa shape index (κ1) is 52.5. The lowest BCUT2D eigenvalue weighted by molar-refractivity contribution is -0.144. The van der Waals surface area contributed by atoms with Gasteiger partial charge in [0.25, 0.3) is 0 Å². The predicted molar refractivity (Wildman–Crippen MR) is 281 cm³/mol. The Labute approximate surface area is 438 Å². The number of carbonyl (C=O) groups excluding carboxylic acids is 4. The van der Waals surface area contributed by atoms with E-state index in [0.29, 0.717) is 42.5 Å². The normalized spacial score (nSPS) is 22.1. The molecule has 1 aliphatic carbocycles. The van der Waals surface area contributed by atoms with Crippen LogP contribution in [0.4, 0.5) is 0 Å². The first-order valence-corrected chi connectivity index (χ1v) is 27.2. The monoisotopic (exact) mass is 1050 g/mol. The number of hydrogen-bond donors (Lipinski definition) is 5. The van der Waals surface area contributed by atoms with Crippen molar-refractivity contribution >= 4 is 63.6 Å². The topological polar surface area (TPSA) is 216 Å². The molecule has 0 bridgehead atoms. The van der Waals surface area contributed by atoms with Gasteiger partial charge in [-0.3, -0.25) is 33.6 Å². The van der Waals surface area contributed by atoms with Gasteiger partial charge in [0, 0.05) is 53.1 Å². The van der Waals surface area contributed by atoms with Crippen molar-refractivity contribution in [2.45, 2.75) is 142 Å². The number of piperidine rings is 1. The number of aliphatic hydroxyl groups is 2. The molecule has 2 aromatic carbocycles. The number of amides is 4. The highest BCUT2D eigenvalue weighted by atomic mass is 35.5. The SMILES string of the molecule is Cc1sc2c(c1C)C(c1ccc(Cl)cc1)=N[C@@H](CC(=O)N[C@H]1C[C@H](OC3CCN(CC(=O)N[C@H](C(=O)N4C[C@H](O)C[C@@H]4C(=O)N[C@@H](C)c4ccc(-c5scnc5CO)cc4)C(C)(C)C)CC3)C1)c1nnc(C)n1-2. The Morgan fingerprint density at radius 3 is 2.30 bits per heavy atom. The molecule has 0 unspecified atom stereocenters. The Morgan fingerprint density at radius 2 is 1.62 bits per heavy atom. The van der Waals surface area contributed by atoms with E-state index in [2.05, 4.69) is 49.9 Å². The number of carbonyl (C=O) groups is 4. The maximum Gasteiger partial charge on any atom is 0.246 e. The summed E-state index contributed by atoms with van der Waals surface area (Å²) in [6.07, 6.45) is 2.24. The minimum atomic E-state index is -0.937. The zero-order valence-corrected chi connectivity index (χ0v) is 44.7. The van der Waals surface area contributed by atoms with Gasteiger partial charge in [0.1, 0.15) is 29.0 Å². The highest BCUT2D eigenvalue weighted by Crippen LogP contribution is 2.40. The van der Waals surface area contributed by atoms with Gasteiger partial charge in [-0.1, -0.05) is 68.8 Å². The van der Waals surface area contributed by atoms with E-state index in [0.717, 1.165) is 62.1 Å². The minimum Gasteiger partial charge on any atom is -0.391 e. The van der Waals surface area contributed by atoms with Crippen LogP contribution in [0.15, 0.2) is 59.0 Å². The largest absolute Gasteiger partial charge is 0.391 e. The number of hydrogen-bond acceptors (Lipinski definition) is 14. The first-order valence-electron chi connectivity index (χ1n) is 25.1. The molecule has 4 aliphatic rings. The average molecular weight is 1050 g/mol. The number of aromatic nitrogens is 4. The van der Waals surface area contributed by atoms with Crippen molar-refractivity contribution < 1.29 is 34.1 Å². The number of nitrogens with zero attached hydrogens (tertiary/aromatic N) is 7. The van der Waals surface area contributed by atoms with Gasteiger partial charge in [0.2, 0.25) is 23.6 Å². The summed E-state index contributed by atoms with van der Waals surface area (Å²) < 4.78 is 8.54. The smallest absolute Gasteiger partial charge is 0.246 e. The Kier molecular flexibility index (Phi) is 15.7. The molecule has 1 saturated carbocycles. The summed E-state index contributed by atoms with van der Waals surface area (Å²) in [6.45, 7) is 14.8. The Balaban J connectivity index is 0.735. The molecule has 3 aromatic heterocycles. The first-order chi connectivity index (χ1) is 34.8. The number of thiazole rings is 1. The average Bonchev–Trinajstić information content (AvgIpc) is 4.13. The van der Waals surface area contributed by atoms with Crippen molar-refractivity contribution in [1.82, 2.24) is 45.5 Å². The molecule has 388 valence electrons. The molecule has 5 aromatic rings. The number of fused-ring (bicyclic) bond motifs is 3. The number of rotatable bonds is 15. The van der Waals surface area contributed by atoms with E-state index in [1.807, 2.05) is 87.7 Å². The summed E-state index contributed by atoms with van der Waals surface area (Å²) in [7, 11) is 0. The molecule has 73 heavy (non-hydrogen) atoms. The number of ether oxygens (including phenoxy) is 1. The molecule has 5 atom stereocenters. The highest BCUT2D eigenvalue weighted by Gasteiger charge is 2.45. The lowest BCUT2D eigenvalue weighted by Crippen LogP contribution is -2.59. The number of thiophene rings is 1. The van der Waals surface area contributed by atoms with Crippen LogP contribution in [-0.4, -0.2) is 132 Å². The quantitative estimate of drug-likeness (QED) is 0.0784. The van der Waals surface area contributed by atoms with Crippen molar-refractivity contribution in [2.75, 3.05) is 26.2 Å². The van der Waals surface area contributed by atoms with E-state index in [-0.39, 0.29) is 68.5 Å². The van der Waals surface area contributed by atoms with Crippen LogP contribution in [0.3, 0.4) is 0 Å². The molecule has 17 nitrogen and oxygen atoms in total. The lowest BCUT2D eigenvalue weighted by atomic mass is 9.85. The second-order valence-corrected chi connectivity index (χ2v) is 23.5. The fourth-order valence-corrected chi connectivity index (χ4v) is 12.5. The van der Waals surface area contributed by atoms with Crippen LogP contribution in [0.5, 0.6) is 0 Å². The van der Waals surface area contributed by atoms with E-state index in [1.54, 1.807) is 16.8 Å². The summed E-state index contributed by atoms with van der Waals surface area (Å²) >= 11 is 9.39. The zero-order valence-electron chi connectivity index (χ0n) is 42.4. The van der Waals surface area contributed by atoms with E-state index < -0.39 is 41.6 Å². The van der Waals surface area contributed by atoms with Crippen LogP contribution in [-0.2, 0) is 30.5 Å². The molecule has 3 aliphatic heterocycles. The number of benzene rings is 2. The molecule has 3 fully saturated rings. The lowest BCUT2D eigenvalue weighted by Gasteiger charge is -2.40. The summed E-state index contributed by atoms with van der Waals surface area (Å²) in [5.74, 6) is 0.173. The van der Waals surface area contributed by atoms with Crippen LogP contribution < -0.4 is 16.0 Å². The predicted octanol–water partition coefficient (Wildman–Crippen LogP) is 6.30. The highest BCUT2D eigenvalue weighted by molar-refractivity contribution is 7.15. The van der Waals surface area contributed by atoms with Crippen LogP contribution in [0.25, 0.3) is 15.4 Å². The van der Waals surface area contributed by atoms with E-state index >= 15 is 0 Å². The number of aryl methyl sites for hydroxylation is 2. The number of β-amino-alcohol motifs (C(OH)–C–C–N with tert-alkyl or cyclic N) is 1. The molecular weight excluding hydrogens is 988 g/mol. The number of likely N-dealkylation sites (tertiary alicyclic amines) is 2. The molecule has 4 amide bonds. The molecule has 0 radical (unpaired) electrons. The number of aliphatic hydroxyl groups excluding tert-OH is 2. The fraction of sp³-hybridized carbons (Fsp3) is 0.509. The molecule has 9 rings (SSSR count). The second-order valence-electron chi connectivity index (χ2n) is 21.0. The zero-order chi connectivity index (χ0) is 51.9. The van der Waals surface area contributed by atoms with E-state index in [9.17, 15) is 29.4 Å². The molecular formula is C53H65ClN10O7S2. The standard InChI is InChI=1S/C53H65ClN10O7S2/c1-28-30(3)73-52-45(28)46(33-12-14-35(54)15-13-33)58-40(49-61-60-31(4)64(49)52)23-43(67)57-36-20-39(21-36)71-38-16-18-62(19-17-38)25-44(68)59-48(53(5,6)7)51(70)63-24-37(66)22-42(63)50(69)56-29(2)32-8-10-34(11-9-32)47-41(26-65)55-27-72-47/h8-15,27,29,36-40,42,48,65-66H,16-26H2,1-7H3,(H,56,69)(H,57,67)(H,59,68)/t29-,36-,37+,39-,40-,42+,48+/m0/s1. The summed E-state index contributed by atoms with van der Waals surface area (Å²) in [5, 5.41) is 40.2. The van der Waals surface area contributed by atoms with Crippen molar-refractivity contribution in [3.8, 4) is 15.4 Å². The number of aliphatic imine (C=N–C) groups is 1. The van der Waals surface area contributed by atoms with Gasteiger partial charge in [-0.2, -0.15) is 0 Å². The van der Waals surface area contributed by atoms with Gasteiger partial charge in [-0.15, -0.1) is 32.9 Å². The Hall–Kier alpha value is -5.41. The molecule has 0 spiro atoms. The third-order valence-electron chi connectivity index (χ3n) is 14.6. The fourth-order valence-electron chi connectivity index (χ4n) is 10.3. The summed E-state index contributed by atoms with van der Waals surface area (Å²) in [5.41, 5.74) is 7.24. The van der Waals surface area contributed by atoms with Crippen LogP contribution >= 0.6 is 34.3 Å². The van der Waals surface area contributed by atoms with Crippen LogP contribution in [0.1, 0.15) is 123 Å². The van der Waals surface area contributed by atoms with Crippen molar-refractivity contribution in [3.63, 3.8) is 0 Å². The Morgan fingerprint density at radius 1 is 0.918 bits per heavy atom. The van der Waals surface area contributed by atoms with Crippen molar-refractivity contribution in [1.29, 1.82) is 0 Å². The Bertz CT molecular complexity index is 2860. The van der Waals surface area contributed by atoms with Crippen LogP contribution in [0.2, 0.25) is 5.02 Å². The molecule has 5 N–H and O–H groups in total. The maximum atomic E-state index is 14.3. The van der Waals surface area contributed by atoms with Crippen molar-refractivity contribution in [3.05, 3.63) is 104 Å². The van der Waals surface area contributed by atoms with Gasteiger partial charge < -0.3 is 35.8 Å². The molecule has 2 saturated heterocycles. The number of halogens is 1. The third kappa shape index (κ3) is 11.5. The summed E-state index contributed by atoms with van der Waals surface area (Å²) in [4.78, 5) is 70.4. The van der Waals surface area contributed by atoms with Gasteiger partial charge in [0.05, 0.1) is 65.7 Å². The summed E-state index contributed by atoms with van der Waals surface area (Å²) in [6, 6.07) is 12.5. The maximum absolute atomic E-state index is 14.3. The molecule has 20 heteroatoms. The van der Waals surface area contributed by atoms with Crippen LogP contribution in [0, 0.1) is 26.2 Å². The van der Waals surface area contributed by atoms with E-state index in [4.69, 9.17) is 21.3 Å². The second kappa shape index (κ2) is 21.8. The third-order valence-corrected chi connectivity index (χ3v) is 17.0. The minimum absolute atomic E-state index is 0.0185. The van der Waals surface area contributed by atoms with Gasteiger partial charge in [-0.05, 0) is 87.6 Å². The van der Waals surface area contributed by atoms with Gasteiger partial charge in [0.15, 0.2) is 5.82 Å².